The van der Waals surface area contributed by atoms with Gasteiger partial charge in [-0.3, -0.25) is 19.7 Å². The molecule has 40 heavy (non-hydrogen) atoms. The molecule has 1 aromatic heterocycles. The number of carboxylic acid groups (broad SMARTS) is 1. The molecule has 0 radical (unpaired) electrons. The third kappa shape index (κ3) is 5.73. The molecule has 2 aromatic carbocycles. The number of imide groups is 1. The fraction of sp³-hybridized carbons (Fsp3) is 0.241. The molecule has 10 nitrogen and oxygen atoms in total. The molecule has 3 aromatic rings. The molecule has 1 aliphatic rings. The summed E-state index contributed by atoms with van der Waals surface area (Å²) in [5.74, 6) is -3.22. The van der Waals surface area contributed by atoms with Gasteiger partial charge in [-0.05, 0) is 68.2 Å². The van der Waals surface area contributed by atoms with Gasteiger partial charge in [0.15, 0.2) is 0 Å². The number of aryl methyl sites for hydroxylation is 1. The summed E-state index contributed by atoms with van der Waals surface area (Å²) in [5, 5.41) is 16.8. The Labute approximate surface area is 229 Å². The minimum absolute atomic E-state index is 0.234. The van der Waals surface area contributed by atoms with Crippen LogP contribution in [0.25, 0.3) is 11.6 Å². The van der Waals surface area contributed by atoms with Crippen LogP contribution in [0.15, 0.2) is 36.4 Å². The van der Waals surface area contributed by atoms with Crippen LogP contribution < -0.4 is 20.7 Å². The molecule has 0 saturated carbocycles. The number of urea groups is 1. The number of fused-ring (bicyclic) bond motifs is 1. The number of aromatic nitrogens is 1. The van der Waals surface area contributed by atoms with E-state index >= 15 is 0 Å². The van der Waals surface area contributed by atoms with Crippen molar-refractivity contribution >= 4 is 46.8 Å². The summed E-state index contributed by atoms with van der Waals surface area (Å²) < 4.78 is 19.1. The van der Waals surface area contributed by atoms with E-state index in [0.29, 0.717) is 41.0 Å². The second-order valence-electron chi connectivity index (χ2n) is 9.44. The SMILES string of the molecule is CCC(Cc1c(C)[nH]c(/C=C2\C(=O)Nc3cc(NC(=O)NC(=O)c4ccc(OC)cc4F)ccc32)c1C)C(=O)O. The van der Waals surface area contributed by atoms with E-state index in [0.717, 1.165) is 22.9 Å². The van der Waals surface area contributed by atoms with Crippen LogP contribution in [0.1, 0.15) is 51.8 Å². The number of amides is 4. The van der Waals surface area contributed by atoms with Gasteiger partial charge in [-0.1, -0.05) is 13.0 Å². The zero-order chi connectivity index (χ0) is 29.1. The van der Waals surface area contributed by atoms with E-state index in [1.807, 2.05) is 20.8 Å². The van der Waals surface area contributed by atoms with E-state index in [1.54, 1.807) is 24.3 Å². The van der Waals surface area contributed by atoms with Crippen LogP contribution in [-0.4, -0.2) is 41.0 Å². The molecular weight excluding hydrogens is 519 g/mol. The van der Waals surface area contributed by atoms with E-state index in [9.17, 15) is 28.7 Å². The number of rotatable bonds is 8. The predicted octanol–water partition coefficient (Wildman–Crippen LogP) is 4.89. The second-order valence-corrected chi connectivity index (χ2v) is 9.44. The van der Waals surface area contributed by atoms with Crippen LogP contribution in [0, 0.1) is 25.6 Å². The Bertz CT molecular complexity index is 1560. The Morgan fingerprint density at radius 2 is 1.90 bits per heavy atom. The minimum Gasteiger partial charge on any atom is -0.497 e. The first-order valence-electron chi connectivity index (χ1n) is 12.6. The topological polar surface area (TPSA) is 150 Å². The highest BCUT2D eigenvalue weighted by Crippen LogP contribution is 2.36. The van der Waals surface area contributed by atoms with Gasteiger partial charge in [0.05, 0.1) is 29.9 Å². The number of hydrogen-bond donors (Lipinski definition) is 5. The molecule has 11 heteroatoms. The Hall–Kier alpha value is -4.93. The fourth-order valence-electron chi connectivity index (χ4n) is 4.62. The average molecular weight is 549 g/mol. The van der Waals surface area contributed by atoms with E-state index in [2.05, 4.69) is 20.9 Å². The maximum absolute atomic E-state index is 14.2. The van der Waals surface area contributed by atoms with E-state index < -0.39 is 29.6 Å². The molecule has 1 unspecified atom stereocenters. The lowest BCUT2D eigenvalue weighted by atomic mass is 9.94. The predicted molar refractivity (Wildman–Crippen MR) is 148 cm³/mol. The van der Waals surface area contributed by atoms with Crippen molar-refractivity contribution in [3.05, 3.63) is 75.9 Å². The number of carbonyl (C=O) groups excluding carboxylic acids is 3. The number of aromatic amines is 1. The lowest BCUT2D eigenvalue weighted by molar-refractivity contribution is -0.141. The minimum atomic E-state index is -0.929. The summed E-state index contributed by atoms with van der Waals surface area (Å²) in [5.41, 5.74) is 4.78. The van der Waals surface area contributed by atoms with Crippen LogP contribution in [0.2, 0.25) is 0 Å². The molecule has 0 aliphatic carbocycles. The summed E-state index contributed by atoms with van der Waals surface area (Å²) >= 11 is 0. The number of hydrogen-bond acceptors (Lipinski definition) is 5. The number of ether oxygens (including phenoxy) is 1. The Balaban J connectivity index is 1.50. The summed E-state index contributed by atoms with van der Waals surface area (Å²) in [6.07, 6.45) is 2.61. The summed E-state index contributed by atoms with van der Waals surface area (Å²) in [4.78, 5) is 52.3. The number of nitrogens with one attached hydrogen (secondary N) is 4. The van der Waals surface area contributed by atoms with Gasteiger partial charge in [0.25, 0.3) is 11.8 Å². The number of methoxy groups -OCH3 is 1. The van der Waals surface area contributed by atoms with Crippen molar-refractivity contribution in [2.45, 2.75) is 33.6 Å². The monoisotopic (exact) mass is 548 g/mol. The van der Waals surface area contributed by atoms with Crippen LogP contribution in [0.5, 0.6) is 5.75 Å². The molecule has 0 spiro atoms. The van der Waals surface area contributed by atoms with Crippen LogP contribution in [0.4, 0.5) is 20.6 Å². The Kier molecular flexibility index (Phi) is 8.03. The quantitative estimate of drug-likeness (QED) is 0.253. The molecular formula is C29H29FN4O6. The first-order valence-corrected chi connectivity index (χ1v) is 12.6. The molecule has 4 amide bonds. The number of H-pyrrole nitrogens is 1. The van der Waals surface area contributed by atoms with E-state index in [-0.39, 0.29) is 17.2 Å². The van der Waals surface area contributed by atoms with Crippen LogP contribution in [0.3, 0.4) is 0 Å². The maximum atomic E-state index is 14.2. The van der Waals surface area contributed by atoms with Gasteiger partial charge in [-0.2, -0.15) is 0 Å². The molecule has 2 heterocycles. The largest absolute Gasteiger partial charge is 0.497 e. The zero-order valence-corrected chi connectivity index (χ0v) is 22.4. The molecule has 5 N–H and O–H groups in total. The number of aliphatic carboxylic acids is 1. The summed E-state index contributed by atoms with van der Waals surface area (Å²) in [7, 11) is 1.37. The van der Waals surface area contributed by atoms with Crippen molar-refractivity contribution < 1.29 is 33.4 Å². The van der Waals surface area contributed by atoms with Crippen LogP contribution in [-0.2, 0) is 16.0 Å². The van der Waals surface area contributed by atoms with Crippen molar-refractivity contribution in [1.29, 1.82) is 0 Å². The third-order valence-electron chi connectivity index (χ3n) is 6.92. The maximum Gasteiger partial charge on any atom is 0.326 e. The van der Waals surface area contributed by atoms with Crippen molar-refractivity contribution in [3.8, 4) is 5.75 Å². The Morgan fingerprint density at radius 3 is 2.55 bits per heavy atom. The lowest BCUT2D eigenvalue weighted by Gasteiger charge is -2.10. The van der Waals surface area contributed by atoms with Gasteiger partial charge in [-0.15, -0.1) is 0 Å². The average Bonchev–Trinajstić information content (AvgIpc) is 3.35. The number of halogens is 1. The molecule has 1 atom stereocenters. The second kappa shape index (κ2) is 11.4. The van der Waals surface area contributed by atoms with Crippen molar-refractivity contribution in [2.24, 2.45) is 5.92 Å². The number of benzene rings is 2. The molecule has 0 fully saturated rings. The third-order valence-corrected chi connectivity index (χ3v) is 6.92. The number of anilines is 2. The van der Waals surface area contributed by atoms with E-state index in [1.165, 1.54) is 19.2 Å². The van der Waals surface area contributed by atoms with Crippen LogP contribution >= 0.6 is 0 Å². The summed E-state index contributed by atoms with van der Waals surface area (Å²) in [6, 6.07) is 7.54. The molecule has 208 valence electrons. The summed E-state index contributed by atoms with van der Waals surface area (Å²) in [6.45, 7) is 5.60. The molecule has 0 saturated heterocycles. The van der Waals surface area contributed by atoms with Crippen molar-refractivity contribution in [3.63, 3.8) is 0 Å². The lowest BCUT2D eigenvalue weighted by Crippen LogP contribution is -2.34. The first kappa shape index (κ1) is 28.1. The molecule has 4 rings (SSSR count). The normalized spacial score (nSPS) is 13.9. The number of carboxylic acids is 1. The fourth-order valence-corrected chi connectivity index (χ4v) is 4.62. The van der Waals surface area contributed by atoms with E-state index in [4.69, 9.17) is 4.74 Å². The molecule has 0 bridgehead atoms. The molecule has 1 aliphatic heterocycles. The van der Waals surface area contributed by atoms with Gasteiger partial charge >= 0.3 is 12.0 Å². The first-order chi connectivity index (χ1) is 19.0. The van der Waals surface area contributed by atoms with Crippen molar-refractivity contribution in [1.82, 2.24) is 10.3 Å². The highest BCUT2D eigenvalue weighted by Gasteiger charge is 2.26. The van der Waals surface area contributed by atoms with Gasteiger partial charge in [-0.25, -0.2) is 9.18 Å². The van der Waals surface area contributed by atoms with Gasteiger partial charge in [0.1, 0.15) is 11.6 Å². The van der Waals surface area contributed by atoms with Gasteiger partial charge in [0, 0.05) is 28.7 Å². The standard InChI is InChI=1S/C29H29FN4O6/c1-5-16(28(37)38)10-21-14(2)24(31-15(21)3)13-22-19-8-6-17(11-25(19)33-27(22)36)32-29(39)34-26(35)20-9-7-18(40-4)12-23(20)30/h6-9,11-13,16,31H,5,10H2,1-4H3,(H,33,36)(H,37,38)(H2,32,34,35,39)/b22-13-. The zero-order valence-electron chi connectivity index (χ0n) is 22.4. The van der Waals surface area contributed by atoms with Gasteiger partial charge < -0.3 is 25.5 Å². The number of carbonyl (C=O) groups is 4. The Morgan fingerprint density at radius 1 is 1.15 bits per heavy atom. The smallest absolute Gasteiger partial charge is 0.326 e. The van der Waals surface area contributed by atoms with Crippen molar-refractivity contribution in [2.75, 3.05) is 17.7 Å². The van der Waals surface area contributed by atoms with Gasteiger partial charge in [0.2, 0.25) is 0 Å². The highest BCUT2D eigenvalue weighted by atomic mass is 19.1. The highest BCUT2D eigenvalue weighted by molar-refractivity contribution is 6.35.